The highest BCUT2D eigenvalue weighted by Gasteiger charge is 2.16. The molecule has 1 aliphatic carbocycles. The second kappa shape index (κ2) is 4.96. The number of nitrogens with zero attached hydrogens (tertiary/aromatic N) is 2. The standard InChI is InChI=1S/C14H14IN3O/c1-18-8-12(15)13(17-18)14(19)16-11-6-5-9-3-2-4-10(9)7-11/h5-8H,2-4H2,1H3,(H,16,19). The summed E-state index contributed by atoms with van der Waals surface area (Å²) in [7, 11) is 1.81. The maximum atomic E-state index is 12.2. The van der Waals surface area contributed by atoms with Gasteiger partial charge in [0.1, 0.15) is 0 Å². The molecule has 0 atom stereocenters. The van der Waals surface area contributed by atoms with Gasteiger partial charge < -0.3 is 5.32 Å². The molecule has 5 heteroatoms. The third-order valence-corrected chi connectivity index (χ3v) is 4.15. The van der Waals surface area contributed by atoms with Crippen molar-refractivity contribution in [1.29, 1.82) is 0 Å². The van der Waals surface area contributed by atoms with Gasteiger partial charge in [0, 0.05) is 18.9 Å². The molecule has 0 unspecified atom stereocenters. The number of carbonyl (C=O) groups is 1. The van der Waals surface area contributed by atoms with Crippen molar-refractivity contribution in [2.24, 2.45) is 7.05 Å². The zero-order chi connectivity index (χ0) is 13.4. The van der Waals surface area contributed by atoms with Gasteiger partial charge in [0.2, 0.25) is 0 Å². The molecule has 0 fully saturated rings. The predicted molar refractivity (Wildman–Crippen MR) is 82.3 cm³/mol. The number of halogens is 1. The summed E-state index contributed by atoms with van der Waals surface area (Å²) in [4.78, 5) is 12.2. The van der Waals surface area contributed by atoms with Crippen LogP contribution in [-0.4, -0.2) is 15.7 Å². The van der Waals surface area contributed by atoms with E-state index in [0.29, 0.717) is 5.69 Å². The highest BCUT2D eigenvalue weighted by molar-refractivity contribution is 14.1. The fourth-order valence-electron chi connectivity index (χ4n) is 2.45. The first kappa shape index (κ1) is 12.7. The van der Waals surface area contributed by atoms with Gasteiger partial charge in [-0.05, 0) is 65.1 Å². The minimum atomic E-state index is -0.150. The van der Waals surface area contributed by atoms with Crippen LogP contribution in [-0.2, 0) is 19.9 Å². The molecule has 19 heavy (non-hydrogen) atoms. The van der Waals surface area contributed by atoms with Crippen molar-refractivity contribution in [2.75, 3.05) is 5.32 Å². The van der Waals surface area contributed by atoms with Crippen LogP contribution in [0.4, 0.5) is 5.69 Å². The second-order valence-electron chi connectivity index (χ2n) is 4.79. The highest BCUT2D eigenvalue weighted by atomic mass is 127. The van der Waals surface area contributed by atoms with Crippen LogP contribution in [0.5, 0.6) is 0 Å². The molecule has 0 saturated heterocycles. The summed E-state index contributed by atoms with van der Waals surface area (Å²) < 4.78 is 2.51. The summed E-state index contributed by atoms with van der Waals surface area (Å²) in [5.74, 6) is -0.150. The molecule has 3 rings (SSSR count). The van der Waals surface area contributed by atoms with Crippen molar-refractivity contribution in [2.45, 2.75) is 19.3 Å². The molecular formula is C14H14IN3O. The third kappa shape index (κ3) is 2.51. The Morgan fingerprint density at radius 3 is 2.89 bits per heavy atom. The lowest BCUT2D eigenvalue weighted by Crippen LogP contribution is -2.14. The summed E-state index contributed by atoms with van der Waals surface area (Å²) in [5, 5.41) is 7.10. The van der Waals surface area contributed by atoms with Crippen molar-refractivity contribution in [3.63, 3.8) is 0 Å². The van der Waals surface area contributed by atoms with Crippen LogP contribution in [0, 0.1) is 3.57 Å². The first-order valence-electron chi connectivity index (χ1n) is 6.26. The van der Waals surface area contributed by atoms with Crippen molar-refractivity contribution in [3.8, 4) is 0 Å². The third-order valence-electron chi connectivity index (χ3n) is 3.36. The molecule has 1 amide bonds. The van der Waals surface area contributed by atoms with Crippen LogP contribution in [0.25, 0.3) is 0 Å². The number of hydrogen-bond donors (Lipinski definition) is 1. The van der Waals surface area contributed by atoms with Gasteiger partial charge in [-0.2, -0.15) is 5.10 Å². The van der Waals surface area contributed by atoms with E-state index < -0.39 is 0 Å². The maximum absolute atomic E-state index is 12.2. The average Bonchev–Trinajstić information content (AvgIpc) is 2.94. The van der Waals surface area contributed by atoms with Crippen LogP contribution in [0.15, 0.2) is 24.4 Å². The monoisotopic (exact) mass is 367 g/mol. The zero-order valence-electron chi connectivity index (χ0n) is 10.6. The van der Waals surface area contributed by atoms with Gasteiger partial charge in [-0.25, -0.2) is 0 Å². The Labute approximate surface area is 125 Å². The smallest absolute Gasteiger partial charge is 0.277 e. The molecule has 0 spiro atoms. The molecule has 1 aromatic carbocycles. The lowest BCUT2D eigenvalue weighted by atomic mass is 10.1. The Morgan fingerprint density at radius 2 is 2.16 bits per heavy atom. The van der Waals surface area contributed by atoms with Crippen molar-refractivity contribution in [1.82, 2.24) is 9.78 Å². The van der Waals surface area contributed by atoms with E-state index in [2.05, 4.69) is 45.1 Å². The first-order chi connectivity index (χ1) is 9.13. The molecule has 0 bridgehead atoms. The maximum Gasteiger partial charge on any atom is 0.277 e. The van der Waals surface area contributed by atoms with Crippen molar-refractivity contribution >= 4 is 34.2 Å². The minimum absolute atomic E-state index is 0.150. The normalized spacial score (nSPS) is 13.4. The van der Waals surface area contributed by atoms with Gasteiger partial charge in [0.05, 0.1) is 3.57 Å². The molecule has 4 nitrogen and oxygen atoms in total. The molecule has 1 aliphatic rings. The molecule has 1 heterocycles. The fraction of sp³-hybridized carbons (Fsp3) is 0.286. The number of amides is 1. The number of carbonyl (C=O) groups excluding carboxylic acids is 1. The van der Waals surface area contributed by atoms with E-state index in [4.69, 9.17) is 0 Å². The summed E-state index contributed by atoms with van der Waals surface area (Å²) in [6.45, 7) is 0. The van der Waals surface area contributed by atoms with E-state index in [9.17, 15) is 4.79 Å². The van der Waals surface area contributed by atoms with Crippen molar-refractivity contribution in [3.05, 3.63) is 44.8 Å². The van der Waals surface area contributed by atoms with Gasteiger partial charge in [0.15, 0.2) is 5.69 Å². The van der Waals surface area contributed by atoms with Gasteiger partial charge in [-0.1, -0.05) is 6.07 Å². The van der Waals surface area contributed by atoms with E-state index in [1.54, 1.807) is 4.68 Å². The van der Waals surface area contributed by atoms with E-state index in [-0.39, 0.29) is 5.91 Å². The Hall–Kier alpha value is -1.37. The summed E-state index contributed by atoms with van der Waals surface area (Å²) >= 11 is 2.12. The van der Waals surface area contributed by atoms with Crippen LogP contribution >= 0.6 is 22.6 Å². The Bertz CT molecular complexity index is 648. The van der Waals surface area contributed by atoms with Crippen LogP contribution in [0.3, 0.4) is 0 Å². The molecule has 98 valence electrons. The van der Waals surface area contributed by atoms with Crippen LogP contribution in [0.1, 0.15) is 28.0 Å². The number of aromatic nitrogens is 2. The predicted octanol–water partition coefficient (Wildman–Crippen LogP) is 2.77. The molecule has 0 aliphatic heterocycles. The van der Waals surface area contributed by atoms with Gasteiger partial charge in [-0.15, -0.1) is 0 Å². The fourth-order valence-corrected chi connectivity index (χ4v) is 3.21. The SMILES string of the molecule is Cn1cc(I)c(C(=O)Nc2ccc3c(c2)CCC3)n1. The highest BCUT2D eigenvalue weighted by Crippen LogP contribution is 2.25. The summed E-state index contributed by atoms with van der Waals surface area (Å²) in [5.41, 5.74) is 4.09. The number of rotatable bonds is 2. The lowest BCUT2D eigenvalue weighted by Gasteiger charge is -2.06. The number of anilines is 1. The Morgan fingerprint density at radius 1 is 1.37 bits per heavy atom. The number of nitrogens with one attached hydrogen (secondary N) is 1. The topological polar surface area (TPSA) is 46.9 Å². The zero-order valence-corrected chi connectivity index (χ0v) is 12.8. The van der Waals surface area contributed by atoms with E-state index in [1.165, 1.54) is 17.5 Å². The Kier molecular flexibility index (Phi) is 3.30. The van der Waals surface area contributed by atoms with Gasteiger partial charge in [-0.3, -0.25) is 9.48 Å². The van der Waals surface area contributed by atoms with E-state index in [0.717, 1.165) is 22.1 Å². The van der Waals surface area contributed by atoms with Crippen molar-refractivity contribution < 1.29 is 4.79 Å². The molecule has 0 radical (unpaired) electrons. The van der Waals surface area contributed by atoms with Gasteiger partial charge >= 0.3 is 0 Å². The second-order valence-corrected chi connectivity index (χ2v) is 5.95. The average molecular weight is 367 g/mol. The van der Waals surface area contributed by atoms with Crippen LogP contribution in [0.2, 0.25) is 0 Å². The molecule has 0 saturated carbocycles. The number of aryl methyl sites for hydroxylation is 3. The van der Waals surface area contributed by atoms with E-state index in [1.807, 2.05) is 19.3 Å². The number of benzene rings is 1. The number of fused-ring (bicyclic) bond motifs is 1. The molecule has 1 aromatic heterocycles. The summed E-state index contributed by atoms with van der Waals surface area (Å²) in [6.07, 6.45) is 5.31. The first-order valence-corrected chi connectivity index (χ1v) is 7.33. The van der Waals surface area contributed by atoms with E-state index >= 15 is 0 Å². The molecule has 2 aromatic rings. The number of hydrogen-bond acceptors (Lipinski definition) is 2. The van der Waals surface area contributed by atoms with Crippen LogP contribution < -0.4 is 5.32 Å². The van der Waals surface area contributed by atoms with Gasteiger partial charge in [0.25, 0.3) is 5.91 Å². The molecule has 1 N–H and O–H groups in total. The minimum Gasteiger partial charge on any atom is -0.321 e. The summed E-state index contributed by atoms with van der Waals surface area (Å²) in [6, 6.07) is 6.16. The quantitative estimate of drug-likeness (QED) is 0.830. The Balaban J connectivity index is 1.81. The largest absolute Gasteiger partial charge is 0.321 e. The molecular weight excluding hydrogens is 353 g/mol. The lowest BCUT2D eigenvalue weighted by molar-refractivity contribution is 0.102.